The molecule has 100 valence electrons. The lowest BCUT2D eigenvalue weighted by molar-refractivity contribution is 0.0690. The number of hydrogen-bond acceptors (Lipinski definition) is 2. The van der Waals surface area contributed by atoms with Crippen LogP contribution in [-0.4, -0.2) is 20.9 Å². The maximum atomic E-state index is 11.1. The first-order chi connectivity index (χ1) is 8.80. The average molecular weight is 258 g/mol. The Bertz CT molecular complexity index is 621. The molecule has 2 aromatic rings. The minimum absolute atomic E-state index is 0.0770. The Balaban J connectivity index is 2.69. The Morgan fingerprint density at radius 2 is 1.89 bits per heavy atom. The molecule has 0 fully saturated rings. The van der Waals surface area contributed by atoms with E-state index in [0.717, 1.165) is 16.9 Å². The normalized spacial score (nSPS) is 11.6. The van der Waals surface area contributed by atoms with Gasteiger partial charge in [0.05, 0.1) is 11.4 Å². The molecule has 0 amide bonds. The number of aryl methyl sites for hydroxylation is 1. The molecule has 1 N–H and O–H groups in total. The molecule has 2 rings (SSSR count). The van der Waals surface area contributed by atoms with Gasteiger partial charge < -0.3 is 5.11 Å². The van der Waals surface area contributed by atoms with E-state index in [0.29, 0.717) is 0 Å². The minimum atomic E-state index is -1.00. The molecule has 0 saturated carbocycles. The van der Waals surface area contributed by atoms with Crippen LogP contribution in [0.5, 0.6) is 0 Å². The van der Waals surface area contributed by atoms with Crippen molar-refractivity contribution < 1.29 is 9.90 Å². The van der Waals surface area contributed by atoms with Gasteiger partial charge in [0.2, 0.25) is 0 Å². The Labute approximate surface area is 112 Å². The summed E-state index contributed by atoms with van der Waals surface area (Å²) in [6.45, 7) is 8.13. The second-order valence-corrected chi connectivity index (χ2v) is 5.67. The summed E-state index contributed by atoms with van der Waals surface area (Å²) in [4.78, 5) is 11.1. The third-order valence-corrected chi connectivity index (χ3v) is 3.04. The highest BCUT2D eigenvalue weighted by atomic mass is 16.4. The van der Waals surface area contributed by atoms with Gasteiger partial charge in [-0.3, -0.25) is 0 Å². The number of carboxylic acid groups (broad SMARTS) is 1. The van der Waals surface area contributed by atoms with E-state index in [1.165, 1.54) is 0 Å². The van der Waals surface area contributed by atoms with Crippen LogP contribution in [-0.2, 0) is 5.41 Å². The molecule has 0 aliphatic rings. The van der Waals surface area contributed by atoms with Crippen molar-refractivity contribution in [1.82, 2.24) is 9.78 Å². The Hall–Kier alpha value is -2.10. The van der Waals surface area contributed by atoms with Crippen LogP contribution in [0.25, 0.3) is 5.69 Å². The molecule has 0 unspecified atom stereocenters. The van der Waals surface area contributed by atoms with Crippen molar-refractivity contribution in [2.45, 2.75) is 33.1 Å². The summed E-state index contributed by atoms with van der Waals surface area (Å²) in [6.07, 6.45) is 0. The van der Waals surface area contributed by atoms with Gasteiger partial charge in [0.1, 0.15) is 0 Å². The second kappa shape index (κ2) is 4.53. The SMILES string of the molecule is Cc1ccccc1-n1nc(C(=O)O)cc1C(C)(C)C. The number of nitrogens with zero attached hydrogens (tertiary/aromatic N) is 2. The number of para-hydroxylation sites is 1. The predicted octanol–water partition coefficient (Wildman–Crippen LogP) is 3.18. The fourth-order valence-corrected chi connectivity index (χ4v) is 2.00. The zero-order chi connectivity index (χ0) is 14.2. The number of carbonyl (C=O) groups is 1. The molecule has 0 saturated heterocycles. The molecule has 1 aromatic carbocycles. The first-order valence-corrected chi connectivity index (χ1v) is 6.20. The van der Waals surface area contributed by atoms with E-state index in [2.05, 4.69) is 5.10 Å². The van der Waals surface area contributed by atoms with E-state index in [1.54, 1.807) is 10.7 Å². The lowest BCUT2D eigenvalue weighted by Gasteiger charge is -2.20. The highest BCUT2D eigenvalue weighted by Gasteiger charge is 2.24. The van der Waals surface area contributed by atoms with Gasteiger partial charge in [-0.25, -0.2) is 9.48 Å². The van der Waals surface area contributed by atoms with Crippen LogP contribution in [0.3, 0.4) is 0 Å². The molecule has 1 heterocycles. The highest BCUT2D eigenvalue weighted by Crippen LogP contribution is 2.27. The van der Waals surface area contributed by atoms with Crippen LogP contribution in [0.1, 0.15) is 42.5 Å². The summed E-state index contributed by atoms with van der Waals surface area (Å²) < 4.78 is 1.73. The zero-order valence-corrected chi connectivity index (χ0v) is 11.6. The van der Waals surface area contributed by atoms with Crippen LogP contribution >= 0.6 is 0 Å². The fraction of sp³-hybridized carbons (Fsp3) is 0.333. The van der Waals surface area contributed by atoms with Crippen molar-refractivity contribution in [2.24, 2.45) is 0 Å². The Morgan fingerprint density at radius 1 is 1.26 bits per heavy atom. The summed E-state index contributed by atoms with van der Waals surface area (Å²) in [5.74, 6) is -1.00. The average Bonchev–Trinajstić information content (AvgIpc) is 2.74. The van der Waals surface area contributed by atoms with E-state index < -0.39 is 5.97 Å². The molecular formula is C15H18N2O2. The monoisotopic (exact) mass is 258 g/mol. The number of hydrogen-bond donors (Lipinski definition) is 1. The van der Waals surface area contributed by atoms with Gasteiger partial charge in [-0.2, -0.15) is 5.10 Å². The largest absolute Gasteiger partial charge is 0.476 e. The summed E-state index contributed by atoms with van der Waals surface area (Å²) in [5.41, 5.74) is 2.77. The third-order valence-electron chi connectivity index (χ3n) is 3.04. The lowest BCUT2D eigenvalue weighted by Crippen LogP contribution is -2.17. The molecule has 19 heavy (non-hydrogen) atoms. The fourth-order valence-electron chi connectivity index (χ4n) is 2.00. The molecule has 0 bridgehead atoms. The maximum absolute atomic E-state index is 11.1. The molecule has 0 aliphatic heterocycles. The molecule has 4 nitrogen and oxygen atoms in total. The molecule has 0 spiro atoms. The third kappa shape index (κ3) is 2.52. The Morgan fingerprint density at radius 3 is 2.42 bits per heavy atom. The van der Waals surface area contributed by atoms with Crippen molar-refractivity contribution in [1.29, 1.82) is 0 Å². The number of aromatic carboxylic acids is 1. The van der Waals surface area contributed by atoms with Gasteiger partial charge >= 0.3 is 5.97 Å². The van der Waals surface area contributed by atoms with Gasteiger partial charge in [-0.1, -0.05) is 39.0 Å². The predicted molar refractivity (Wildman–Crippen MR) is 74.0 cm³/mol. The molecule has 0 aliphatic carbocycles. The van der Waals surface area contributed by atoms with Crippen LogP contribution in [0.2, 0.25) is 0 Å². The smallest absolute Gasteiger partial charge is 0.356 e. The van der Waals surface area contributed by atoms with Crippen molar-refractivity contribution >= 4 is 5.97 Å². The van der Waals surface area contributed by atoms with E-state index in [9.17, 15) is 4.79 Å². The summed E-state index contributed by atoms with van der Waals surface area (Å²) in [6, 6.07) is 9.47. The van der Waals surface area contributed by atoms with Gasteiger partial charge in [0.25, 0.3) is 0 Å². The van der Waals surface area contributed by atoms with Gasteiger partial charge in [0.15, 0.2) is 5.69 Å². The second-order valence-electron chi connectivity index (χ2n) is 5.67. The Kier molecular flexibility index (Phi) is 3.18. The quantitative estimate of drug-likeness (QED) is 0.900. The minimum Gasteiger partial charge on any atom is -0.476 e. The van der Waals surface area contributed by atoms with Gasteiger partial charge in [-0.05, 0) is 24.6 Å². The van der Waals surface area contributed by atoms with Crippen molar-refractivity contribution in [3.63, 3.8) is 0 Å². The number of rotatable bonds is 2. The topological polar surface area (TPSA) is 55.1 Å². The van der Waals surface area contributed by atoms with Crippen LogP contribution < -0.4 is 0 Å². The van der Waals surface area contributed by atoms with Crippen LogP contribution in [0.4, 0.5) is 0 Å². The number of aromatic nitrogens is 2. The van der Waals surface area contributed by atoms with Crippen LogP contribution in [0.15, 0.2) is 30.3 Å². The standard InChI is InChI=1S/C15H18N2O2/c1-10-7-5-6-8-12(10)17-13(15(2,3)4)9-11(16-17)14(18)19/h5-9H,1-4H3,(H,18,19). The molecule has 0 radical (unpaired) electrons. The number of benzene rings is 1. The van der Waals surface area contributed by atoms with Gasteiger partial charge in [0, 0.05) is 5.41 Å². The van der Waals surface area contributed by atoms with Crippen LogP contribution in [0, 0.1) is 6.92 Å². The van der Waals surface area contributed by atoms with Gasteiger partial charge in [-0.15, -0.1) is 0 Å². The maximum Gasteiger partial charge on any atom is 0.356 e. The molecule has 1 aromatic heterocycles. The molecule has 0 atom stereocenters. The van der Waals surface area contributed by atoms with Crippen molar-refractivity contribution in [3.8, 4) is 5.69 Å². The van der Waals surface area contributed by atoms with Crippen molar-refractivity contribution in [3.05, 3.63) is 47.3 Å². The zero-order valence-electron chi connectivity index (χ0n) is 11.6. The highest BCUT2D eigenvalue weighted by molar-refractivity contribution is 5.85. The van der Waals surface area contributed by atoms with Crippen molar-refractivity contribution in [2.75, 3.05) is 0 Å². The summed E-state index contributed by atoms with van der Waals surface area (Å²) in [5, 5.41) is 13.4. The summed E-state index contributed by atoms with van der Waals surface area (Å²) >= 11 is 0. The molecular weight excluding hydrogens is 240 g/mol. The van der Waals surface area contributed by atoms with E-state index in [1.807, 2.05) is 52.0 Å². The number of carboxylic acids is 1. The van der Waals surface area contributed by atoms with E-state index in [-0.39, 0.29) is 11.1 Å². The lowest BCUT2D eigenvalue weighted by atomic mass is 9.91. The van der Waals surface area contributed by atoms with E-state index >= 15 is 0 Å². The summed E-state index contributed by atoms with van der Waals surface area (Å²) in [7, 11) is 0. The first kappa shape index (κ1) is 13.3. The molecule has 4 heteroatoms. The van der Waals surface area contributed by atoms with E-state index in [4.69, 9.17) is 5.11 Å². The first-order valence-electron chi connectivity index (χ1n) is 6.20.